The zero-order chi connectivity index (χ0) is 34.7. The number of amides is 1. The van der Waals surface area contributed by atoms with Gasteiger partial charge in [0.15, 0.2) is 31.6 Å². The number of ether oxygens (including phenoxy) is 1. The summed E-state index contributed by atoms with van der Waals surface area (Å²) in [6.45, 7) is 13.1. The SMILES string of the molecule is C[C@H]1C(O[Si](C)(C)C(C)(C)C)[C@H](n2cnc3c(N)ncnc32)O[C@@H]1COS(=O)(=O)NC(=O)CC[C@@]1(O)c2ccccc2[C@H](C)C1(F)F. The molecule has 1 amide bonds. The molecule has 4 N–H and O–H groups in total. The predicted molar refractivity (Wildman–Crippen MR) is 171 cm³/mol. The van der Waals surface area contributed by atoms with E-state index in [-0.39, 0.29) is 22.0 Å². The van der Waals surface area contributed by atoms with Crippen molar-refractivity contribution in [3.63, 3.8) is 0 Å². The van der Waals surface area contributed by atoms with E-state index in [1.165, 1.54) is 37.8 Å². The van der Waals surface area contributed by atoms with E-state index in [1.54, 1.807) is 15.4 Å². The maximum Gasteiger partial charge on any atom is 0.362 e. The van der Waals surface area contributed by atoms with Crippen LogP contribution in [0, 0.1) is 5.92 Å². The Morgan fingerprint density at radius 1 is 1.19 bits per heavy atom. The highest BCUT2D eigenvalue weighted by Crippen LogP contribution is 2.57. The number of aliphatic hydroxyl groups is 1. The van der Waals surface area contributed by atoms with Gasteiger partial charge in [-0.3, -0.25) is 13.5 Å². The van der Waals surface area contributed by atoms with Crippen molar-refractivity contribution in [2.24, 2.45) is 5.92 Å². The van der Waals surface area contributed by atoms with E-state index < -0.39 is 85.8 Å². The first-order valence-corrected chi connectivity index (χ1v) is 19.7. The van der Waals surface area contributed by atoms with E-state index in [1.807, 2.05) is 6.92 Å². The lowest BCUT2D eigenvalue weighted by Gasteiger charge is -2.40. The Bertz CT molecular complexity index is 1770. The minimum absolute atomic E-state index is 0.0145. The van der Waals surface area contributed by atoms with Gasteiger partial charge in [0, 0.05) is 18.3 Å². The standard InChI is InChI=1S/C30H42F2N6O7SSi/c1-17-21(44-27(24(17)45-47(6,7)28(3,4)5)38-16-36-23-25(33)34-15-35-26(23)38)14-43-46(41,42)37-22(39)12-13-29(40)20-11-9-8-10-19(20)18(2)30(29,31)32/h8-11,15-18,21,24,27,40H,12-14H2,1-7H3,(H,37,39)(H2,33,34,35)/t17-,18+,21-,24?,27-,29-/m1/s1. The van der Waals surface area contributed by atoms with Crippen LogP contribution in [0.5, 0.6) is 0 Å². The van der Waals surface area contributed by atoms with Gasteiger partial charge < -0.3 is 20.0 Å². The molecule has 5 rings (SSSR count). The van der Waals surface area contributed by atoms with Gasteiger partial charge in [0.1, 0.15) is 11.8 Å². The first kappa shape index (κ1) is 35.2. The van der Waals surface area contributed by atoms with Gasteiger partial charge in [-0.15, -0.1) is 0 Å². The third-order valence-corrected chi connectivity index (χ3v) is 15.3. The number of hydrogen-bond donors (Lipinski definition) is 3. The van der Waals surface area contributed by atoms with Gasteiger partial charge >= 0.3 is 10.3 Å². The van der Waals surface area contributed by atoms with Crippen LogP contribution in [0.15, 0.2) is 36.9 Å². The van der Waals surface area contributed by atoms with Crippen molar-refractivity contribution in [3.05, 3.63) is 48.0 Å². The summed E-state index contributed by atoms with van der Waals surface area (Å²) in [7, 11) is -7.06. The predicted octanol–water partition coefficient (Wildman–Crippen LogP) is 4.13. The molecule has 0 bridgehead atoms. The lowest BCUT2D eigenvalue weighted by atomic mass is 9.87. The van der Waals surface area contributed by atoms with Gasteiger partial charge in [-0.05, 0) is 35.7 Å². The van der Waals surface area contributed by atoms with Crippen LogP contribution in [-0.4, -0.2) is 72.0 Å². The first-order chi connectivity index (χ1) is 21.7. The van der Waals surface area contributed by atoms with E-state index in [4.69, 9.17) is 19.1 Å². The van der Waals surface area contributed by atoms with Crippen molar-refractivity contribution in [1.29, 1.82) is 0 Å². The highest BCUT2D eigenvalue weighted by molar-refractivity contribution is 7.85. The minimum Gasteiger partial charge on any atom is -0.409 e. The van der Waals surface area contributed by atoms with Crippen molar-refractivity contribution in [2.75, 3.05) is 12.3 Å². The van der Waals surface area contributed by atoms with Crippen molar-refractivity contribution in [1.82, 2.24) is 24.2 Å². The topological polar surface area (TPSA) is 181 Å². The molecule has 17 heteroatoms. The molecular formula is C30H42F2N6O7SSi. The number of benzene rings is 1. The number of fused-ring (bicyclic) bond motifs is 2. The number of aromatic nitrogens is 4. The molecule has 6 atom stereocenters. The molecule has 0 saturated carbocycles. The summed E-state index contributed by atoms with van der Waals surface area (Å²) in [4.78, 5) is 25.3. The number of nitrogens with one attached hydrogen (secondary N) is 1. The zero-order valence-electron chi connectivity index (χ0n) is 27.4. The number of imidazole rings is 1. The number of anilines is 1. The monoisotopic (exact) mass is 696 g/mol. The summed E-state index contributed by atoms with van der Waals surface area (Å²) >= 11 is 0. The molecule has 3 aromatic rings. The molecule has 1 aromatic carbocycles. The lowest BCUT2D eigenvalue weighted by Crippen LogP contribution is -2.47. The normalized spacial score (nSPS) is 27.7. The van der Waals surface area contributed by atoms with Crippen molar-refractivity contribution < 1.29 is 40.4 Å². The number of carbonyl (C=O) groups excluding carboxylic acids is 1. The van der Waals surface area contributed by atoms with Crippen LogP contribution >= 0.6 is 0 Å². The Kier molecular flexibility index (Phi) is 9.07. The number of rotatable bonds is 10. The minimum atomic E-state index is -4.68. The van der Waals surface area contributed by atoms with Crippen LogP contribution in [0.25, 0.3) is 11.2 Å². The summed E-state index contributed by atoms with van der Waals surface area (Å²) in [5.74, 6) is -6.17. The summed E-state index contributed by atoms with van der Waals surface area (Å²) < 4.78 is 77.7. The summed E-state index contributed by atoms with van der Waals surface area (Å²) in [6.07, 6.45) is -0.732. The van der Waals surface area contributed by atoms with Gasteiger partial charge in [0.2, 0.25) is 5.91 Å². The maximum absolute atomic E-state index is 15.2. The second-order valence-electron chi connectivity index (χ2n) is 13.9. The van der Waals surface area contributed by atoms with Gasteiger partial charge in [0.25, 0.3) is 5.92 Å². The second kappa shape index (κ2) is 12.1. The molecule has 258 valence electrons. The third-order valence-electron chi connectivity index (χ3n) is 9.91. The molecule has 2 aliphatic rings. The zero-order valence-corrected chi connectivity index (χ0v) is 29.2. The molecule has 1 aliphatic carbocycles. The molecule has 1 unspecified atom stereocenters. The number of nitrogen functional groups attached to an aromatic ring is 1. The largest absolute Gasteiger partial charge is 0.409 e. The Hall–Kier alpha value is -3.09. The van der Waals surface area contributed by atoms with Crippen LogP contribution in [0.4, 0.5) is 14.6 Å². The number of alkyl halides is 2. The van der Waals surface area contributed by atoms with Crippen molar-refractivity contribution in [3.8, 4) is 0 Å². The number of hydrogen-bond acceptors (Lipinski definition) is 11. The van der Waals surface area contributed by atoms with Gasteiger partial charge in [0.05, 0.1) is 25.1 Å². The van der Waals surface area contributed by atoms with E-state index in [9.17, 15) is 18.3 Å². The Balaban J connectivity index is 1.28. The van der Waals surface area contributed by atoms with Gasteiger partial charge in [-0.2, -0.15) is 8.42 Å². The number of halogens is 2. The first-order valence-electron chi connectivity index (χ1n) is 15.4. The molecule has 1 fully saturated rings. The molecular weight excluding hydrogens is 655 g/mol. The molecule has 13 nitrogen and oxygen atoms in total. The number of nitrogens with zero attached hydrogens (tertiary/aromatic N) is 4. The molecule has 1 aliphatic heterocycles. The smallest absolute Gasteiger partial charge is 0.362 e. The third kappa shape index (κ3) is 6.28. The van der Waals surface area contributed by atoms with Crippen molar-refractivity contribution >= 4 is 41.5 Å². The van der Waals surface area contributed by atoms with E-state index in [0.29, 0.717) is 11.2 Å². The molecule has 3 heterocycles. The Morgan fingerprint density at radius 2 is 1.87 bits per heavy atom. The van der Waals surface area contributed by atoms with E-state index in [0.717, 1.165) is 0 Å². The number of nitrogens with two attached hydrogens (primary N) is 1. The quantitative estimate of drug-likeness (QED) is 0.259. The van der Waals surface area contributed by atoms with Crippen LogP contribution in [0.2, 0.25) is 18.1 Å². The number of carbonyl (C=O) groups is 1. The molecule has 1 saturated heterocycles. The lowest BCUT2D eigenvalue weighted by molar-refractivity contribution is -0.190. The molecule has 2 aromatic heterocycles. The van der Waals surface area contributed by atoms with Crippen LogP contribution in [-0.2, 0) is 34.0 Å². The van der Waals surface area contributed by atoms with Crippen molar-refractivity contribution in [2.45, 2.75) is 101 Å². The van der Waals surface area contributed by atoms with Crippen LogP contribution < -0.4 is 10.5 Å². The van der Waals surface area contributed by atoms with Gasteiger partial charge in [-0.1, -0.05) is 58.9 Å². The van der Waals surface area contributed by atoms with E-state index in [2.05, 4.69) is 48.8 Å². The highest BCUT2D eigenvalue weighted by atomic mass is 32.2. The van der Waals surface area contributed by atoms with E-state index >= 15 is 8.78 Å². The Labute approximate surface area is 273 Å². The maximum atomic E-state index is 15.2. The summed E-state index contributed by atoms with van der Waals surface area (Å²) in [6, 6.07) is 6.00. The Morgan fingerprint density at radius 3 is 2.55 bits per heavy atom. The average Bonchev–Trinajstić information content (AvgIpc) is 3.58. The second-order valence-corrected chi connectivity index (χ2v) is 20.0. The van der Waals surface area contributed by atoms with Crippen LogP contribution in [0.3, 0.4) is 0 Å². The highest BCUT2D eigenvalue weighted by Gasteiger charge is 2.63. The molecule has 0 spiro atoms. The fourth-order valence-electron chi connectivity index (χ4n) is 5.96. The molecule has 47 heavy (non-hydrogen) atoms. The summed E-state index contributed by atoms with van der Waals surface area (Å²) in [5.41, 5.74) is 4.42. The fourth-order valence-corrected chi connectivity index (χ4v) is 8.08. The average molecular weight is 697 g/mol. The fraction of sp³-hybridized carbons (Fsp3) is 0.600. The van der Waals surface area contributed by atoms with Crippen LogP contribution in [0.1, 0.15) is 70.7 Å². The van der Waals surface area contributed by atoms with Gasteiger partial charge in [-0.25, -0.2) is 28.5 Å². The molecule has 0 radical (unpaired) electrons. The summed E-state index contributed by atoms with van der Waals surface area (Å²) in [5, 5.41) is 10.9.